The van der Waals surface area contributed by atoms with Crippen LogP contribution in [0, 0.1) is 5.92 Å². The van der Waals surface area contributed by atoms with Crippen LogP contribution in [-0.2, 0) is 13.1 Å². The summed E-state index contributed by atoms with van der Waals surface area (Å²) in [5.41, 5.74) is 8.07. The number of hydrogen-bond donors (Lipinski definition) is 2. The van der Waals surface area contributed by atoms with Gasteiger partial charge in [-0.25, -0.2) is 0 Å². The monoisotopic (exact) mass is 220 g/mol. The summed E-state index contributed by atoms with van der Waals surface area (Å²) >= 11 is 0. The average molecular weight is 220 g/mol. The van der Waals surface area contributed by atoms with Crippen LogP contribution in [0.2, 0.25) is 0 Å². The van der Waals surface area contributed by atoms with Gasteiger partial charge in [-0.1, -0.05) is 24.3 Å². The summed E-state index contributed by atoms with van der Waals surface area (Å²) in [5, 5.41) is 9.08. The van der Waals surface area contributed by atoms with Gasteiger partial charge >= 0.3 is 0 Å². The molecule has 0 radical (unpaired) electrons. The van der Waals surface area contributed by atoms with Crippen molar-refractivity contribution in [1.29, 1.82) is 0 Å². The normalized spacial score (nSPS) is 21.5. The fraction of sp³-hybridized carbons (Fsp3) is 0.538. The standard InChI is InChI=1S/C13H20N2O/c14-7-11-1-3-12(4-2-11)8-15-6-5-13(9-15)10-16/h1-4,13,16H,5-10,14H2. The van der Waals surface area contributed by atoms with E-state index in [1.165, 1.54) is 11.1 Å². The van der Waals surface area contributed by atoms with Crippen molar-refractivity contribution < 1.29 is 5.11 Å². The largest absolute Gasteiger partial charge is 0.396 e. The molecule has 3 heteroatoms. The highest BCUT2D eigenvalue weighted by Crippen LogP contribution is 2.18. The molecule has 1 saturated heterocycles. The molecule has 1 aromatic rings. The molecule has 1 atom stereocenters. The summed E-state index contributed by atoms with van der Waals surface area (Å²) in [5.74, 6) is 0.475. The Bertz CT molecular complexity index is 323. The predicted octanol–water partition coefficient (Wildman–Crippen LogP) is 0.960. The van der Waals surface area contributed by atoms with E-state index in [1.54, 1.807) is 0 Å². The van der Waals surface area contributed by atoms with Crippen molar-refractivity contribution in [1.82, 2.24) is 4.90 Å². The fourth-order valence-corrected chi connectivity index (χ4v) is 2.24. The molecular formula is C13H20N2O. The van der Waals surface area contributed by atoms with Gasteiger partial charge in [0.05, 0.1) is 0 Å². The summed E-state index contributed by atoms with van der Waals surface area (Å²) in [4.78, 5) is 2.40. The van der Waals surface area contributed by atoms with Gasteiger partial charge in [-0.2, -0.15) is 0 Å². The first-order valence-electron chi connectivity index (χ1n) is 5.93. The van der Waals surface area contributed by atoms with Crippen molar-refractivity contribution >= 4 is 0 Å². The lowest BCUT2D eigenvalue weighted by Gasteiger charge is -2.15. The maximum absolute atomic E-state index is 9.08. The highest BCUT2D eigenvalue weighted by atomic mass is 16.3. The molecule has 2 rings (SSSR count). The van der Waals surface area contributed by atoms with Crippen molar-refractivity contribution in [3.63, 3.8) is 0 Å². The molecule has 0 spiro atoms. The molecule has 3 N–H and O–H groups in total. The van der Waals surface area contributed by atoms with Gasteiger partial charge in [0.2, 0.25) is 0 Å². The lowest BCUT2D eigenvalue weighted by atomic mass is 10.1. The lowest BCUT2D eigenvalue weighted by Crippen LogP contribution is -2.20. The number of nitrogens with zero attached hydrogens (tertiary/aromatic N) is 1. The van der Waals surface area contributed by atoms with Crippen molar-refractivity contribution in [2.75, 3.05) is 19.7 Å². The van der Waals surface area contributed by atoms with Crippen LogP contribution in [0.5, 0.6) is 0 Å². The molecule has 0 amide bonds. The van der Waals surface area contributed by atoms with Crippen LogP contribution in [0.4, 0.5) is 0 Å². The highest BCUT2D eigenvalue weighted by molar-refractivity contribution is 5.22. The molecule has 0 bridgehead atoms. The zero-order valence-corrected chi connectivity index (χ0v) is 9.60. The van der Waals surface area contributed by atoms with E-state index < -0.39 is 0 Å². The first-order chi connectivity index (χ1) is 7.81. The molecule has 3 nitrogen and oxygen atoms in total. The Labute approximate surface area is 96.9 Å². The number of aliphatic hydroxyl groups excluding tert-OH is 1. The van der Waals surface area contributed by atoms with Gasteiger partial charge in [0, 0.05) is 26.2 Å². The fourth-order valence-electron chi connectivity index (χ4n) is 2.24. The molecule has 1 aliphatic rings. The van der Waals surface area contributed by atoms with E-state index >= 15 is 0 Å². The summed E-state index contributed by atoms with van der Waals surface area (Å²) in [6.45, 7) is 4.04. The summed E-state index contributed by atoms with van der Waals surface area (Å²) in [6, 6.07) is 8.48. The van der Waals surface area contributed by atoms with Crippen molar-refractivity contribution in [2.24, 2.45) is 11.7 Å². The number of benzene rings is 1. The molecule has 0 saturated carbocycles. The molecule has 1 aliphatic heterocycles. The molecule has 1 heterocycles. The third kappa shape index (κ3) is 2.82. The van der Waals surface area contributed by atoms with E-state index in [4.69, 9.17) is 10.8 Å². The average Bonchev–Trinajstić information content (AvgIpc) is 2.78. The van der Waals surface area contributed by atoms with E-state index in [1.807, 2.05) is 0 Å². The molecule has 1 unspecified atom stereocenters. The quantitative estimate of drug-likeness (QED) is 0.794. The van der Waals surface area contributed by atoms with Crippen LogP contribution in [0.3, 0.4) is 0 Å². The summed E-state index contributed by atoms with van der Waals surface area (Å²) < 4.78 is 0. The maximum Gasteiger partial charge on any atom is 0.0471 e. The lowest BCUT2D eigenvalue weighted by molar-refractivity contribution is 0.220. The third-order valence-electron chi connectivity index (χ3n) is 3.29. The van der Waals surface area contributed by atoms with Gasteiger partial charge in [-0.3, -0.25) is 4.90 Å². The molecule has 0 aliphatic carbocycles. The second kappa shape index (κ2) is 5.43. The van der Waals surface area contributed by atoms with Crippen LogP contribution >= 0.6 is 0 Å². The SMILES string of the molecule is NCc1ccc(CN2CCC(CO)C2)cc1. The number of nitrogens with two attached hydrogens (primary N) is 1. The molecule has 1 aromatic carbocycles. The van der Waals surface area contributed by atoms with E-state index in [-0.39, 0.29) is 0 Å². The topological polar surface area (TPSA) is 49.5 Å². The van der Waals surface area contributed by atoms with E-state index in [0.717, 1.165) is 26.1 Å². The molecule has 16 heavy (non-hydrogen) atoms. The Hall–Kier alpha value is -0.900. The molecular weight excluding hydrogens is 200 g/mol. The second-order valence-corrected chi connectivity index (χ2v) is 4.59. The van der Waals surface area contributed by atoms with Crippen LogP contribution in [-0.4, -0.2) is 29.7 Å². The zero-order chi connectivity index (χ0) is 11.4. The highest BCUT2D eigenvalue weighted by Gasteiger charge is 2.21. The number of rotatable bonds is 4. The zero-order valence-electron chi connectivity index (χ0n) is 9.60. The Morgan fingerprint density at radius 2 is 1.94 bits per heavy atom. The van der Waals surface area contributed by atoms with Crippen molar-refractivity contribution in [3.05, 3.63) is 35.4 Å². The van der Waals surface area contributed by atoms with Gasteiger partial charge in [0.15, 0.2) is 0 Å². The maximum atomic E-state index is 9.08. The predicted molar refractivity (Wildman–Crippen MR) is 64.8 cm³/mol. The second-order valence-electron chi connectivity index (χ2n) is 4.59. The van der Waals surface area contributed by atoms with Crippen molar-refractivity contribution in [2.45, 2.75) is 19.5 Å². The number of hydrogen-bond acceptors (Lipinski definition) is 3. The van der Waals surface area contributed by atoms with E-state index in [0.29, 0.717) is 19.1 Å². The minimum atomic E-state index is 0.322. The first-order valence-corrected chi connectivity index (χ1v) is 5.93. The van der Waals surface area contributed by atoms with Gasteiger partial charge < -0.3 is 10.8 Å². The first kappa shape index (κ1) is 11.6. The Balaban J connectivity index is 1.89. The van der Waals surface area contributed by atoms with Gasteiger partial charge in [0.1, 0.15) is 0 Å². The van der Waals surface area contributed by atoms with Gasteiger partial charge in [-0.15, -0.1) is 0 Å². The Morgan fingerprint density at radius 1 is 1.25 bits per heavy atom. The number of aliphatic hydroxyl groups is 1. The number of likely N-dealkylation sites (tertiary alicyclic amines) is 1. The third-order valence-corrected chi connectivity index (χ3v) is 3.29. The minimum Gasteiger partial charge on any atom is -0.396 e. The molecule has 0 aromatic heterocycles. The van der Waals surface area contributed by atoms with Gasteiger partial charge in [0.25, 0.3) is 0 Å². The van der Waals surface area contributed by atoms with Gasteiger partial charge in [-0.05, 0) is 30.0 Å². The summed E-state index contributed by atoms with van der Waals surface area (Å²) in [6.07, 6.45) is 1.12. The summed E-state index contributed by atoms with van der Waals surface area (Å²) in [7, 11) is 0. The van der Waals surface area contributed by atoms with Crippen LogP contribution < -0.4 is 5.73 Å². The Morgan fingerprint density at radius 3 is 2.50 bits per heavy atom. The van der Waals surface area contributed by atoms with Crippen LogP contribution in [0.1, 0.15) is 17.5 Å². The van der Waals surface area contributed by atoms with E-state index in [2.05, 4.69) is 29.2 Å². The molecule has 1 fully saturated rings. The van der Waals surface area contributed by atoms with Crippen LogP contribution in [0.25, 0.3) is 0 Å². The Kier molecular flexibility index (Phi) is 3.93. The molecule has 88 valence electrons. The van der Waals surface area contributed by atoms with Crippen molar-refractivity contribution in [3.8, 4) is 0 Å². The minimum absolute atomic E-state index is 0.322. The van der Waals surface area contributed by atoms with E-state index in [9.17, 15) is 0 Å². The smallest absolute Gasteiger partial charge is 0.0471 e. The van der Waals surface area contributed by atoms with Crippen LogP contribution in [0.15, 0.2) is 24.3 Å².